The van der Waals surface area contributed by atoms with Crippen molar-refractivity contribution in [2.24, 2.45) is 5.41 Å². The molecule has 0 saturated heterocycles. The van der Waals surface area contributed by atoms with Gasteiger partial charge in [0.2, 0.25) is 0 Å². The first-order chi connectivity index (χ1) is 14.3. The van der Waals surface area contributed by atoms with Gasteiger partial charge >= 0.3 is 0 Å². The molecule has 0 spiro atoms. The fourth-order valence-corrected chi connectivity index (χ4v) is 3.72. The first-order valence-corrected chi connectivity index (χ1v) is 9.84. The highest BCUT2D eigenvalue weighted by molar-refractivity contribution is 6.06. The molecule has 30 heavy (non-hydrogen) atoms. The number of ketones is 1. The number of aromatic amines is 1. The van der Waals surface area contributed by atoms with Crippen LogP contribution in [-0.4, -0.2) is 16.7 Å². The van der Waals surface area contributed by atoms with Crippen molar-refractivity contribution in [3.63, 3.8) is 0 Å². The number of hydrogen-bond donors (Lipinski definition) is 3. The van der Waals surface area contributed by atoms with Gasteiger partial charge in [-0.3, -0.25) is 14.4 Å². The number of H-pyrrole nitrogens is 1. The SMILES string of the molecule is CC1(C)CC(=O)c2cc(C(=O)Nc3ccc(Nc4ccccc4)cc3)c(=O)[nH]c2C1. The Morgan fingerprint density at radius 2 is 1.53 bits per heavy atom. The predicted octanol–water partition coefficient (Wildman–Crippen LogP) is 4.53. The van der Waals surface area contributed by atoms with E-state index in [1.54, 1.807) is 12.1 Å². The Balaban J connectivity index is 1.51. The van der Waals surface area contributed by atoms with Crippen molar-refractivity contribution in [2.75, 3.05) is 10.6 Å². The van der Waals surface area contributed by atoms with Crippen molar-refractivity contribution in [3.8, 4) is 0 Å². The molecular formula is C24H23N3O3. The Labute approximate surface area is 174 Å². The third kappa shape index (κ3) is 4.17. The molecule has 3 N–H and O–H groups in total. The van der Waals surface area contributed by atoms with E-state index in [4.69, 9.17) is 0 Å². The molecule has 1 aromatic heterocycles. The van der Waals surface area contributed by atoms with E-state index >= 15 is 0 Å². The number of pyridine rings is 1. The van der Waals surface area contributed by atoms with Crippen LogP contribution in [0.15, 0.2) is 65.5 Å². The van der Waals surface area contributed by atoms with Crippen molar-refractivity contribution >= 4 is 28.8 Å². The number of amides is 1. The summed E-state index contributed by atoms with van der Waals surface area (Å²) in [5.41, 5.74) is 2.68. The Bertz CT molecular complexity index is 1160. The molecule has 1 amide bonds. The maximum Gasteiger partial charge on any atom is 0.261 e. The van der Waals surface area contributed by atoms with Gasteiger partial charge in [-0.15, -0.1) is 0 Å². The Hall–Kier alpha value is -3.67. The molecule has 6 heteroatoms. The number of anilines is 3. The zero-order chi connectivity index (χ0) is 21.3. The zero-order valence-corrected chi connectivity index (χ0v) is 16.9. The summed E-state index contributed by atoms with van der Waals surface area (Å²) in [6, 6.07) is 18.4. The van der Waals surface area contributed by atoms with E-state index in [1.807, 2.05) is 56.3 Å². The average Bonchev–Trinajstić information content (AvgIpc) is 2.69. The fourth-order valence-electron chi connectivity index (χ4n) is 3.72. The molecule has 3 aromatic rings. The molecular weight excluding hydrogens is 378 g/mol. The summed E-state index contributed by atoms with van der Waals surface area (Å²) in [6.45, 7) is 3.98. The summed E-state index contributed by atoms with van der Waals surface area (Å²) in [4.78, 5) is 40.3. The number of rotatable bonds is 4. The van der Waals surface area contributed by atoms with Gasteiger partial charge in [-0.1, -0.05) is 32.0 Å². The third-order valence-corrected chi connectivity index (χ3v) is 5.17. The highest BCUT2D eigenvalue weighted by Crippen LogP contribution is 2.33. The lowest BCUT2D eigenvalue weighted by Gasteiger charge is -2.29. The second-order valence-electron chi connectivity index (χ2n) is 8.37. The maximum atomic E-state index is 12.7. The van der Waals surface area contributed by atoms with E-state index in [9.17, 15) is 14.4 Å². The number of aromatic nitrogens is 1. The quantitative estimate of drug-likeness (QED) is 0.599. The largest absolute Gasteiger partial charge is 0.356 e. The summed E-state index contributed by atoms with van der Waals surface area (Å²) >= 11 is 0. The monoisotopic (exact) mass is 401 g/mol. The minimum atomic E-state index is -0.541. The number of nitrogens with one attached hydrogen (secondary N) is 3. The van der Waals surface area contributed by atoms with E-state index in [2.05, 4.69) is 15.6 Å². The molecule has 1 heterocycles. The standard InChI is InChI=1S/C24H23N3O3/c1-24(2)13-20-18(21(28)14-24)12-19(23(30)27-20)22(29)26-17-10-8-16(9-11-17)25-15-6-4-3-5-7-15/h3-12,25H,13-14H2,1-2H3,(H,26,29)(H,27,30). The van der Waals surface area contributed by atoms with Gasteiger partial charge in [-0.25, -0.2) is 0 Å². The molecule has 0 atom stereocenters. The van der Waals surface area contributed by atoms with Gasteiger partial charge in [0.15, 0.2) is 5.78 Å². The molecule has 0 fully saturated rings. The summed E-state index contributed by atoms with van der Waals surface area (Å²) in [7, 11) is 0. The first kappa shape index (κ1) is 19.6. The average molecular weight is 401 g/mol. The molecule has 152 valence electrons. The summed E-state index contributed by atoms with van der Waals surface area (Å²) in [6.07, 6.45) is 0.990. The molecule has 4 rings (SSSR count). The number of benzene rings is 2. The molecule has 0 unspecified atom stereocenters. The van der Waals surface area contributed by atoms with Crippen molar-refractivity contribution in [1.82, 2.24) is 4.98 Å². The number of carbonyl (C=O) groups excluding carboxylic acids is 2. The molecule has 2 aromatic carbocycles. The zero-order valence-electron chi connectivity index (χ0n) is 16.9. The van der Waals surface area contributed by atoms with E-state index < -0.39 is 11.5 Å². The second kappa shape index (κ2) is 7.63. The lowest BCUT2D eigenvalue weighted by molar-refractivity contribution is 0.0910. The van der Waals surface area contributed by atoms with Gasteiger partial charge in [0.1, 0.15) is 5.56 Å². The molecule has 0 bridgehead atoms. The highest BCUT2D eigenvalue weighted by Gasteiger charge is 2.32. The lowest BCUT2D eigenvalue weighted by Crippen LogP contribution is -2.32. The van der Waals surface area contributed by atoms with Gasteiger partial charge in [-0.2, -0.15) is 0 Å². The number of carbonyl (C=O) groups is 2. The summed E-state index contributed by atoms with van der Waals surface area (Å²) in [5, 5.41) is 6.00. The van der Waals surface area contributed by atoms with Crippen molar-refractivity contribution in [3.05, 3.63) is 87.8 Å². The topological polar surface area (TPSA) is 91.1 Å². The van der Waals surface area contributed by atoms with Gasteiger partial charge in [0, 0.05) is 34.7 Å². The Morgan fingerprint density at radius 1 is 0.900 bits per heavy atom. The number of fused-ring (bicyclic) bond motifs is 1. The Morgan fingerprint density at radius 3 is 2.23 bits per heavy atom. The van der Waals surface area contributed by atoms with Crippen LogP contribution in [0.4, 0.5) is 17.1 Å². The smallest absolute Gasteiger partial charge is 0.261 e. The maximum absolute atomic E-state index is 12.7. The van der Waals surface area contributed by atoms with E-state index in [1.165, 1.54) is 6.07 Å². The predicted molar refractivity (Wildman–Crippen MR) is 118 cm³/mol. The van der Waals surface area contributed by atoms with Crippen LogP contribution in [0.2, 0.25) is 0 Å². The van der Waals surface area contributed by atoms with E-state index in [0.29, 0.717) is 29.8 Å². The van der Waals surface area contributed by atoms with Crippen LogP contribution in [0.3, 0.4) is 0 Å². The third-order valence-electron chi connectivity index (χ3n) is 5.17. The summed E-state index contributed by atoms with van der Waals surface area (Å²) in [5.74, 6) is -0.594. The van der Waals surface area contributed by atoms with Gasteiger partial charge < -0.3 is 15.6 Å². The van der Waals surface area contributed by atoms with E-state index in [-0.39, 0.29) is 16.8 Å². The molecule has 0 aliphatic heterocycles. The van der Waals surface area contributed by atoms with Crippen LogP contribution >= 0.6 is 0 Å². The molecule has 0 saturated carbocycles. The van der Waals surface area contributed by atoms with Crippen LogP contribution < -0.4 is 16.2 Å². The lowest BCUT2D eigenvalue weighted by atomic mass is 9.75. The second-order valence-corrected chi connectivity index (χ2v) is 8.37. The van der Waals surface area contributed by atoms with Gasteiger partial charge in [0.25, 0.3) is 11.5 Å². The van der Waals surface area contributed by atoms with Crippen molar-refractivity contribution in [1.29, 1.82) is 0 Å². The van der Waals surface area contributed by atoms with Gasteiger partial charge in [-0.05, 0) is 54.3 Å². The minimum absolute atomic E-state index is 0.0529. The first-order valence-electron chi connectivity index (χ1n) is 9.84. The Kier molecular flexibility index (Phi) is 4.99. The van der Waals surface area contributed by atoms with Crippen LogP contribution in [-0.2, 0) is 6.42 Å². The van der Waals surface area contributed by atoms with Crippen LogP contribution in [0.25, 0.3) is 0 Å². The molecule has 1 aliphatic rings. The number of Topliss-reactive ketones (excluding diaryl/α,β-unsaturated/α-hetero) is 1. The normalized spacial score (nSPS) is 14.7. The van der Waals surface area contributed by atoms with E-state index in [0.717, 1.165) is 11.4 Å². The number of hydrogen-bond acceptors (Lipinski definition) is 4. The van der Waals surface area contributed by atoms with Crippen LogP contribution in [0.5, 0.6) is 0 Å². The fraction of sp³-hybridized carbons (Fsp3) is 0.208. The summed E-state index contributed by atoms with van der Waals surface area (Å²) < 4.78 is 0. The molecule has 1 aliphatic carbocycles. The van der Waals surface area contributed by atoms with Crippen LogP contribution in [0.1, 0.15) is 46.7 Å². The van der Waals surface area contributed by atoms with Crippen LogP contribution in [0, 0.1) is 5.41 Å². The highest BCUT2D eigenvalue weighted by atomic mass is 16.2. The van der Waals surface area contributed by atoms with Crippen molar-refractivity contribution < 1.29 is 9.59 Å². The molecule has 6 nitrogen and oxygen atoms in total. The van der Waals surface area contributed by atoms with Gasteiger partial charge in [0.05, 0.1) is 0 Å². The molecule has 0 radical (unpaired) electrons. The van der Waals surface area contributed by atoms with Crippen molar-refractivity contribution in [2.45, 2.75) is 26.7 Å². The minimum Gasteiger partial charge on any atom is -0.356 e. The number of para-hydroxylation sites is 1.